The molecule has 0 saturated carbocycles. The minimum absolute atomic E-state index is 0.0362. The lowest BCUT2D eigenvalue weighted by molar-refractivity contribution is -0.384. The van der Waals surface area contributed by atoms with Crippen LogP contribution in [0.15, 0.2) is 42.5 Å². The lowest BCUT2D eigenvalue weighted by Crippen LogP contribution is -2.10. The summed E-state index contributed by atoms with van der Waals surface area (Å²) in [4.78, 5) is 17.7. The van der Waals surface area contributed by atoms with E-state index in [-0.39, 0.29) is 12.2 Å². The van der Waals surface area contributed by atoms with Crippen LogP contribution in [0.3, 0.4) is 0 Å². The molecule has 25 heavy (non-hydrogen) atoms. The molecule has 9 heteroatoms. The average molecular weight is 350 g/mol. The number of hydrogen-bond acceptors (Lipinski definition) is 4. The van der Waals surface area contributed by atoms with Crippen LogP contribution in [0.4, 0.5) is 24.5 Å². The van der Waals surface area contributed by atoms with Crippen molar-refractivity contribution in [1.82, 2.24) is 9.97 Å². The fraction of sp³-hybridized carbons (Fsp3) is 0.188. The molecule has 3 aromatic rings. The molecule has 1 aromatic heterocycles. The van der Waals surface area contributed by atoms with E-state index >= 15 is 0 Å². The van der Waals surface area contributed by atoms with Gasteiger partial charge in [-0.15, -0.1) is 0 Å². The standard InChI is InChI=1S/C16H13F3N4O2/c17-16(18,19)10-5-6-13(14(9-10)23(24)25)20-8-7-15-21-11-3-1-2-4-12(11)22-15/h1-6,9,20H,7-8H2,(H,21,22). The number of aromatic nitrogens is 2. The summed E-state index contributed by atoms with van der Waals surface area (Å²) < 4.78 is 38.0. The van der Waals surface area contributed by atoms with Gasteiger partial charge in [0.2, 0.25) is 0 Å². The number of rotatable bonds is 5. The predicted octanol–water partition coefficient (Wildman–Crippen LogP) is 4.14. The summed E-state index contributed by atoms with van der Waals surface area (Å²) >= 11 is 0. The van der Waals surface area contributed by atoms with Crippen molar-refractivity contribution < 1.29 is 18.1 Å². The van der Waals surface area contributed by atoms with E-state index in [1.54, 1.807) is 0 Å². The van der Waals surface area contributed by atoms with Crippen molar-refractivity contribution in [3.63, 3.8) is 0 Å². The van der Waals surface area contributed by atoms with E-state index in [0.717, 1.165) is 23.2 Å². The van der Waals surface area contributed by atoms with E-state index in [0.29, 0.717) is 18.3 Å². The van der Waals surface area contributed by atoms with Gasteiger partial charge in [0.15, 0.2) is 0 Å². The fourth-order valence-electron chi connectivity index (χ4n) is 2.45. The maximum atomic E-state index is 12.7. The number of aromatic amines is 1. The lowest BCUT2D eigenvalue weighted by Gasteiger charge is -2.10. The molecule has 0 atom stereocenters. The van der Waals surface area contributed by atoms with E-state index in [1.165, 1.54) is 0 Å². The molecular weight excluding hydrogens is 337 g/mol. The maximum Gasteiger partial charge on any atom is 0.416 e. The summed E-state index contributed by atoms with van der Waals surface area (Å²) in [6, 6.07) is 9.87. The minimum atomic E-state index is -4.63. The number of alkyl halides is 3. The second kappa shape index (κ2) is 6.42. The van der Waals surface area contributed by atoms with Gasteiger partial charge in [-0.25, -0.2) is 4.98 Å². The third-order valence-electron chi connectivity index (χ3n) is 3.64. The Morgan fingerprint density at radius 3 is 2.64 bits per heavy atom. The first kappa shape index (κ1) is 16.7. The van der Waals surface area contributed by atoms with E-state index in [9.17, 15) is 23.3 Å². The highest BCUT2D eigenvalue weighted by atomic mass is 19.4. The van der Waals surface area contributed by atoms with Gasteiger partial charge in [-0.2, -0.15) is 13.2 Å². The monoisotopic (exact) mass is 350 g/mol. The number of imidazole rings is 1. The first-order chi connectivity index (χ1) is 11.8. The largest absolute Gasteiger partial charge is 0.416 e. The summed E-state index contributed by atoms with van der Waals surface area (Å²) in [5.74, 6) is 0.684. The Kier molecular flexibility index (Phi) is 4.30. The summed E-state index contributed by atoms with van der Waals surface area (Å²) in [6.45, 7) is 0.284. The van der Waals surface area contributed by atoms with Gasteiger partial charge < -0.3 is 10.3 Å². The van der Waals surface area contributed by atoms with Crippen LogP contribution in [-0.4, -0.2) is 21.4 Å². The summed E-state index contributed by atoms with van der Waals surface area (Å²) in [7, 11) is 0. The molecule has 0 saturated heterocycles. The van der Waals surface area contributed by atoms with Gasteiger partial charge in [-0.1, -0.05) is 12.1 Å². The van der Waals surface area contributed by atoms with Gasteiger partial charge in [0.25, 0.3) is 5.69 Å². The highest BCUT2D eigenvalue weighted by Crippen LogP contribution is 2.34. The topological polar surface area (TPSA) is 83.8 Å². The number of nitrogens with zero attached hydrogens (tertiary/aromatic N) is 2. The Bertz CT molecular complexity index is 888. The number of nitrogens with one attached hydrogen (secondary N) is 2. The second-order valence-electron chi connectivity index (χ2n) is 5.36. The Morgan fingerprint density at radius 1 is 1.20 bits per heavy atom. The van der Waals surface area contributed by atoms with Crippen molar-refractivity contribution >= 4 is 22.4 Å². The molecule has 130 valence electrons. The number of anilines is 1. The van der Waals surface area contributed by atoms with Crippen LogP contribution >= 0.6 is 0 Å². The molecular formula is C16H13F3N4O2. The van der Waals surface area contributed by atoms with Gasteiger partial charge in [0.1, 0.15) is 11.5 Å². The van der Waals surface area contributed by atoms with Crippen molar-refractivity contribution in [3.05, 3.63) is 64.0 Å². The third-order valence-corrected chi connectivity index (χ3v) is 3.64. The zero-order valence-corrected chi connectivity index (χ0v) is 12.8. The lowest BCUT2D eigenvalue weighted by atomic mass is 10.1. The maximum absolute atomic E-state index is 12.7. The van der Waals surface area contributed by atoms with Gasteiger partial charge in [0, 0.05) is 19.0 Å². The first-order valence-electron chi connectivity index (χ1n) is 7.38. The first-order valence-corrected chi connectivity index (χ1v) is 7.38. The van der Waals surface area contributed by atoms with Gasteiger partial charge >= 0.3 is 6.18 Å². The van der Waals surface area contributed by atoms with E-state index in [2.05, 4.69) is 15.3 Å². The van der Waals surface area contributed by atoms with Crippen LogP contribution in [0.25, 0.3) is 11.0 Å². The molecule has 0 aliphatic heterocycles. The highest BCUT2D eigenvalue weighted by Gasteiger charge is 2.32. The summed E-state index contributed by atoms with van der Waals surface area (Å²) in [5.41, 5.74) is 0.0478. The number of para-hydroxylation sites is 2. The minimum Gasteiger partial charge on any atom is -0.379 e. The second-order valence-corrected chi connectivity index (χ2v) is 5.36. The van der Waals surface area contributed by atoms with Crippen molar-refractivity contribution in [2.45, 2.75) is 12.6 Å². The molecule has 3 rings (SSSR count). The fourth-order valence-corrected chi connectivity index (χ4v) is 2.45. The van der Waals surface area contributed by atoms with Crippen LogP contribution in [-0.2, 0) is 12.6 Å². The van der Waals surface area contributed by atoms with Crippen molar-refractivity contribution in [3.8, 4) is 0 Å². The molecule has 0 amide bonds. The van der Waals surface area contributed by atoms with Gasteiger partial charge in [0.05, 0.1) is 21.5 Å². The third kappa shape index (κ3) is 3.70. The van der Waals surface area contributed by atoms with Crippen molar-refractivity contribution in [2.24, 2.45) is 0 Å². The zero-order valence-electron chi connectivity index (χ0n) is 12.8. The van der Waals surface area contributed by atoms with Crippen molar-refractivity contribution in [1.29, 1.82) is 0 Å². The van der Waals surface area contributed by atoms with E-state index in [4.69, 9.17) is 0 Å². The summed E-state index contributed by atoms with van der Waals surface area (Å²) in [5, 5.41) is 13.8. The molecule has 2 N–H and O–H groups in total. The Labute approximate surface area is 139 Å². The van der Waals surface area contributed by atoms with E-state index < -0.39 is 22.4 Å². The molecule has 2 aromatic carbocycles. The molecule has 0 radical (unpaired) electrons. The van der Waals surface area contributed by atoms with Gasteiger partial charge in [-0.05, 0) is 24.3 Å². The molecule has 0 aliphatic carbocycles. The zero-order chi connectivity index (χ0) is 18.0. The number of H-pyrrole nitrogens is 1. The van der Waals surface area contributed by atoms with Crippen LogP contribution in [0, 0.1) is 10.1 Å². The quantitative estimate of drug-likeness (QED) is 0.535. The SMILES string of the molecule is O=[N+]([O-])c1cc(C(F)(F)F)ccc1NCCc1nc2ccccc2[nH]1. The predicted molar refractivity (Wildman–Crippen MR) is 86.4 cm³/mol. The summed E-state index contributed by atoms with van der Waals surface area (Å²) in [6.07, 6.45) is -4.19. The molecule has 6 nitrogen and oxygen atoms in total. The molecule has 0 bridgehead atoms. The molecule has 0 aliphatic rings. The van der Waals surface area contributed by atoms with Crippen LogP contribution in [0.1, 0.15) is 11.4 Å². The van der Waals surface area contributed by atoms with E-state index in [1.807, 2.05) is 24.3 Å². The Hall–Kier alpha value is -3.10. The number of hydrogen-bond donors (Lipinski definition) is 2. The highest BCUT2D eigenvalue weighted by molar-refractivity contribution is 5.74. The number of nitro groups is 1. The molecule has 0 fully saturated rings. The molecule has 0 spiro atoms. The van der Waals surface area contributed by atoms with Crippen molar-refractivity contribution in [2.75, 3.05) is 11.9 Å². The number of halogens is 3. The normalized spacial score (nSPS) is 11.6. The van der Waals surface area contributed by atoms with Crippen LogP contribution in [0.2, 0.25) is 0 Å². The molecule has 0 unspecified atom stereocenters. The molecule has 1 heterocycles. The van der Waals surface area contributed by atoms with Crippen LogP contribution in [0.5, 0.6) is 0 Å². The number of nitro benzene ring substituents is 1. The van der Waals surface area contributed by atoms with Gasteiger partial charge in [-0.3, -0.25) is 10.1 Å². The Balaban J connectivity index is 1.73. The van der Waals surface area contributed by atoms with Crippen LogP contribution < -0.4 is 5.32 Å². The Morgan fingerprint density at radius 2 is 1.96 bits per heavy atom. The average Bonchev–Trinajstić information content (AvgIpc) is 2.96. The smallest absolute Gasteiger partial charge is 0.379 e. The number of benzene rings is 2. The number of fused-ring (bicyclic) bond motifs is 1.